The molecule has 6 nitrogen and oxygen atoms in total. The van der Waals surface area contributed by atoms with Crippen LogP contribution in [0.25, 0.3) is 11.4 Å². The van der Waals surface area contributed by atoms with Gasteiger partial charge in [-0.3, -0.25) is 19.9 Å². The molecular formula is C19H18FN5O. The summed E-state index contributed by atoms with van der Waals surface area (Å²) in [6.07, 6.45) is 6.82. The molecule has 0 spiro atoms. The van der Waals surface area contributed by atoms with E-state index < -0.39 is 0 Å². The van der Waals surface area contributed by atoms with E-state index in [9.17, 15) is 9.18 Å². The van der Waals surface area contributed by atoms with E-state index in [1.165, 1.54) is 24.3 Å². The Morgan fingerprint density at radius 1 is 1.19 bits per heavy atom. The predicted octanol–water partition coefficient (Wildman–Crippen LogP) is 3.03. The van der Waals surface area contributed by atoms with Crippen molar-refractivity contribution in [1.29, 1.82) is 0 Å². The van der Waals surface area contributed by atoms with E-state index in [1.807, 2.05) is 11.0 Å². The smallest absolute Gasteiger partial charge is 0.253 e. The molecule has 1 fully saturated rings. The summed E-state index contributed by atoms with van der Waals surface area (Å²) in [5.41, 5.74) is 2.96. The second-order valence-corrected chi connectivity index (χ2v) is 6.40. The number of nitrogens with zero attached hydrogens (tertiary/aromatic N) is 4. The topological polar surface area (TPSA) is 74.8 Å². The molecule has 1 N–H and O–H groups in total. The van der Waals surface area contributed by atoms with Crippen LogP contribution in [-0.2, 0) is 0 Å². The number of benzene rings is 1. The van der Waals surface area contributed by atoms with Gasteiger partial charge >= 0.3 is 0 Å². The number of carbonyl (C=O) groups excluding carboxylic acids is 1. The highest BCUT2D eigenvalue weighted by molar-refractivity contribution is 5.94. The summed E-state index contributed by atoms with van der Waals surface area (Å²) in [6.45, 7) is 1.32. The average Bonchev–Trinajstić information content (AvgIpc) is 3.19. The minimum atomic E-state index is -0.341. The fraction of sp³-hybridized carbons (Fsp3) is 0.263. The number of piperidine rings is 1. The van der Waals surface area contributed by atoms with E-state index in [-0.39, 0.29) is 17.6 Å². The van der Waals surface area contributed by atoms with Crippen LogP contribution in [-0.4, -0.2) is 44.1 Å². The number of hydrogen-bond acceptors (Lipinski definition) is 4. The van der Waals surface area contributed by atoms with Crippen molar-refractivity contribution in [2.45, 2.75) is 18.8 Å². The summed E-state index contributed by atoms with van der Waals surface area (Å²) in [6, 6.07) is 7.67. The Morgan fingerprint density at radius 2 is 2.04 bits per heavy atom. The zero-order chi connectivity index (χ0) is 17.9. The van der Waals surface area contributed by atoms with Crippen LogP contribution in [0.3, 0.4) is 0 Å². The lowest BCUT2D eigenvalue weighted by Gasteiger charge is -2.32. The first-order valence-corrected chi connectivity index (χ1v) is 8.57. The van der Waals surface area contributed by atoms with Crippen LogP contribution in [0.1, 0.15) is 34.8 Å². The number of halogens is 1. The zero-order valence-electron chi connectivity index (χ0n) is 14.1. The van der Waals surface area contributed by atoms with E-state index in [1.54, 1.807) is 18.6 Å². The van der Waals surface area contributed by atoms with Crippen LogP contribution in [0.4, 0.5) is 4.39 Å². The third kappa shape index (κ3) is 3.33. The lowest BCUT2D eigenvalue weighted by molar-refractivity contribution is 0.0706. The SMILES string of the molecule is O=C(c1ccc(F)cc1)N1CCC[C@H](c2cc(-c3cnccn3)n[nH]2)C1. The van der Waals surface area contributed by atoms with Crippen molar-refractivity contribution in [2.24, 2.45) is 0 Å². The molecule has 2 aromatic heterocycles. The molecule has 0 bridgehead atoms. The van der Waals surface area contributed by atoms with Crippen LogP contribution in [0.2, 0.25) is 0 Å². The van der Waals surface area contributed by atoms with Crippen LogP contribution < -0.4 is 0 Å². The van der Waals surface area contributed by atoms with Gasteiger partial charge in [0.05, 0.1) is 6.20 Å². The van der Waals surface area contributed by atoms with Crippen molar-refractivity contribution >= 4 is 5.91 Å². The molecule has 7 heteroatoms. The summed E-state index contributed by atoms with van der Waals surface area (Å²) < 4.78 is 13.1. The molecule has 0 saturated carbocycles. The van der Waals surface area contributed by atoms with Crippen molar-refractivity contribution < 1.29 is 9.18 Å². The maximum absolute atomic E-state index is 13.1. The summed E-state index contributed by atoms with van der Waals surface area (Å²) in [5, 5.41) is 7.40. The number of hydrogen-bond donors (Lipinski definition) is 1. The maximum atomic E-state index is 13.1. The van der Waals surface area contributed by atoms with Gasteiger partial charge in [0.25, 0.3) is 5.91 Å². The van der Waals surface area contributed by atoms with Gasteiger partial charge in [0.1, 0.15) is 17.2 Å². The highest BCUT2D eigenvalue weighted by Crippen LogP contribution is 2.28. The molecule has 0 unspecified atom stereocenters. The van der Waals surface area contributed by atoms with Gasteiger partial charge in [0.2, 0.25) is 0 Å². The average molecular weight is 351 g/mol. The summed E-state index contributed by atoms with van der Waals surface area (Å²) >= 11 is 0. The van der Waals surface area contributed by atoms with Crippen LogP contribution in [0.15, 0.2) is 48.9 Å². The number of nitrogens with one attached hydrogen (secondary N) is 1. The molecule has 1 atom stereocenters. The first-order valence-electron chi connectivity index (χ1n) is 8.57. The Kier molecular flexibility index (Phi) is 4.43. The molecular weight excluding hydrogens is 333 g/mol. The van der Waals surface area contributed by atoms with E-state index in [0.717, 1.165) is 24.2 Å². The number of carbonyl (C=O) groups is 1. The van der Waals surface area contributed by atoms with Crippen molar-refractivity contribution in [2.75, 3.05) is 13.1 Å². The van der Waals surface area contributed by atoms with E-state index >= 15 is 0 Å². The monoisotopic (exact) mass is 351 g/mol. The van der Waals surface area contributed by atoms with Gasteiger partial charge in [-0.2, -0.15) is 5.10 Å². The van der Waals surface area contributed by atoms with Crippen molar-refractivity contribution in [1.82, 2.24) is 25.1 Å². The molecule has 1 saturated heterocycles. The van der Waals surface area contributed by atoms with Crippen molar-refractivity contribution in [3.63, 3.8) is 0 Å². The molecule has 1 aromatic carbocycles. The van der Waals surface area contributed by atoms with Gasteiger partial charge in [0, 0.05) is 42.7 Å². The molecule has 0 aliphatic carbocycles. The van der Waals surface area contributed by atoms with Gasteiger partial charge in [-0.05, 0) is 43.2 Å². The molecule has 1 amide bonds. The first-order chi connectivity index (χ1) is 12.7. The molecule has 3 heterocycles. The number of aromatic nitrogens is 4. The summed E-state index contributed by atoms with van der Waals surface area (Å²) in [4.78, 5) is 22.8. The number of amides is 1. The summed E-state index contributed by atoms with van der Waals surface area (Å²) in [5.74, 6) is -0.221. The molecule has 0 radical (unpaired) electrons. The first kappa shape index (κ1) is 16.4. The third-order valence-corrected chi connectivity index (χ3v) is 4.66. The zero-order valence-corrected chi connectivity index (χ0v) is 14.1. The van der Waals surface area contributed by atoms with Crippen LogP contribution >= 0.6 is 0 Å². The van der Waals surface area contributed by atoms with Gasteiger partial charge in [-0.15, -0.1) is 0 Å². The van der Waals surface area contributed by atoms with Gasteiger partial charge in [0.15, 0.2) is 0 Å². The Morgan fingerprint density at radius 3 is 2.81 bits per heavy atom. The number of aromatic amines is 1. The Labute approximate surface area is 150 Å². The quantitative estimate of drug-likeness (QED) is 0.787. The molecule has 4 rings (SSSR count). The van der Waals surface area contributed by atoms with Crippen LogP contribution in [0, 0.1) is 5.82 Å². The number of H-pyrrole nitrogens is 1. The molecule has 1 aliphatic rings. The highest BCUT2D eigenvalue weighted by Gasteiger charge is 2.27. The fourth-order valence-electron chi connectivity index (χ4n) is 3.30. The second-order valence-electron chi connectivity index (χ2n) is 6.40. The van der Waals surface area contributed by atoms with E-state index in [4.69, 9.17) is 0 Å². The van der Waals surface area contributed by atoms with Crippen molar-refractivity contribution in [3.05, 3.63) is 66.0 Å². The molecule has 1 aliphatic heterocycles. The number of rotatable bonds is 3. The fourth-order valence-corrected chi connectivity index (χ4v) is 3.30. The molecule has 132 valence electrons. The highest BCUT2D eigenvalue weighted by atomic mass is 19.1. The van der Waals surface area contributed by atoms with E-state index in [0.29, 0.717) is 24.3 Å². The summed E-state index contributed by atoms with van der Waals surface area (Å²) in [7, 11) is 0. The molecule has 26 heavy (non-hydrogen) atoms. The minimum absolute atomic E-state index is 0.0663. The lowest BCUT2D eigenvalue weighted by atomic mass is 9.94. The van der Waals surface area contributed by atoms with Gasteiger partial charge < -0.3 is 4.90 Å². The van der Waals surface area contributed by atoms with Crippen molar-refractivity contribution in [3.8, 4) is 11.4 Å². The second kappa shape index (κ2) is 7.03. The Bertz CT molecular complexity index is 894. The lowest BCUT2D eigenvalue weighted by Crippen LogP contribution is -2.39. The Hall–Kier alpha value is -3.09. The maximum Gasteiger partial charge on any atom is 0.253 e. The van der Waals surface area contributed by atoms with Gasteiger partial charge in [-0.1, -0.05) is 0 Å². The predicted molar refractivity (Wildman–Crippen MR) is 93.9 cm³/mol. The number of likely N-dealkylation sites (tertiary alicyclic amines) is 1. The van der Waals surface area contributed by atoms with E-state index in [2.05, 4.69) is 20.2 Å². The minimum Gasteiger partial charge on any atom is -0.338 e. The van der Waals surface area contributed by atoms with Gasteiger partial charge in [-0.25, -0.2) is 4.39 Å². The standard InChI is InChI=1S/C19H18FN5O/c20-15-5-3-13(4-6-15)19(26)25-9-1-2-14(12-25)16-10-17(24-23-16)18-11-21-7-8-22-18/h3-8,10-11,14H,1-2,9,12H2,(H,23,24)/t14-/m0/s1. The normalized spacial score (nSPS) is 17.3. The Balaban J connectivity index is 1.49. The largest absolute Gasteiger partial charge is 0.338 e. The third-order valence-electron chi connectivity index (χ3n) is 4.66. The molecule has 3 aromatic rings. The van der Waals surface area contributed by atoms with Crippen LogP contribution in [0.5, 0.6) is 0 Å².